The fourth-order valence-corrected chi connectivity index (χ4v) is 2.72. The van der Waals surface area contributed by atoms with E-state index in [1.165, 1.54) is 5.56 Å². The van der Waals surface area contributed by atoms with E-state index in [0.717, 1.165) is 32.6 Å². The molecule has 2 unspecified atom stereocenters. The van der Waals surface area contributed by atoms with Crippen LogP contribution in [0.15, 0.2) is 30.3 Å². The van der Waals surface area contributed by atoms with Gasteiger partial charge in [-0.05, 0) is 18.5 Å². The zero-order valence-corrected chi connectivity index (χ0v) is 11.9. The highest BCUT2D eigenvalue weighted by molar-refractivity contribution is 5.79. The number of carbonyl (C=O) groups is 1. The Kier molecular flexibility index (Phi) is 4.97. The fourth-order valence-electron chi connectivity index (χ4n) is 2.72. The van der Waals surface area contributed by atoms with Gasteiger partial charge in [-0.3, -0.25) is 4.79 Å². The van der Waals surface area contributed by atoms with Crippen molar-refractivity contribution in [2.75, 3.05) is 26.2 Å². The van der Waals surface area contributed by atoms with Gasteiger partial charge >= 0.3 is 0 Å². The maximum absolute atomic E-state index is 12.3. The minimum Gasteiger partial charge on any atom is -0.342 e. The highest BCUT2D eigenvalue weighted by Crippen LogP contribution is 2.27. The molecule has 1 heterocycles. The van der Waals surface area contributed by atoms with Crippen LogP contribution in [-0.2, 0) is 4.79 Å². The lowest BCUT2D eigenvalue weighted by Gasteiger charge is -2.21. The Hall–Kier alpha value is -1.35. The van der Waals surface area contributed by atoms with Crippen molar-refractivity contribution in [1.82, 2.24) is 10.2 Å². The lowest BCUT2D eigenvalue weighted by molar-refractivity contribution is -0.133. The van der Waals surface area contributed by atoms with Crippen LogP contribution < -0.4 is 5.32 Å². The van der Waals surface area contributed by atoms with Crippen LogP contribution in [0.4, 0.5) is 0 Å². The second-order valence-electron chi connectivity index (χ2n) is 5.39. The molecule has 1 saturated heterocycles. The molecule has 2 rings (SSSR count). The maximum atomic E-state index is 12.3. The average molecular weight is 260 g/mol. The number of carbonyl (C=O) groups excluding carboxylic acids is 1. The van der Waals surface area contributed by atoms with E-state index in [4.69, 9.17) is 0 Å². The average Bonchev–Trinajstić information content (AvgIpc) is 2.94. The van der Waals surface area contributed by atoms with E-state index in [9.17, 15) is 4.79 Å². The van der Waals surface area contributed by atoms with E-state index in [2.05, 4.69) is 36.5 Å². The molecule has 0 radical (unpaired) electrons. The van der Waals surface area contributed by atoms with E-state index in [1.54, 1.807) is 0 Å². The van der Waals surface area contributed by atoms with Gasteiger partial charge in [0.15, 0.2) is 0 Å². The molecule has 1 aliphatic rings. The third-order valence-corrected chi connectivity index (χ3v) is 3.89. The van der Waals surface area contributed by atoms with Crippen molar-refractivity contribution in [3.8, 4) is 0 Å². The molecule has 0 aromatic heterocycles. The molecule has 0 aliphatic carbocycles. The zero-order valence-electron chi connectivity index (χ0n) is 11.9. The first-order valence-electron chi connectivity index (χ1n) is 7.26. The van der Waals surface area contributed by atoms with Crippen LogP contribution in [0, 0.1) is 5.92 Å². The fraction of sp³-hybridized carbons (Fsp3) is 0.562. The number of rotatable bonds is 5. The monoisotopic (exact) mass is 260 g/mol. The minimum atomic E-state index is 0.0782. The van der Waals surface area contributed by atoms with Gasteiger partial charge in [-0.15, -0.1) is 0 Å². The number of hydrogen-bond acceptors (Lipinski definition) is 2. The number of hydrogen-bond donors (Lipinski definition) is 1. The van der Waals surface area contributed by atoms with Crippen molar-refractivity contribution in [2.24, 2.45) is 5.92 Å². The molecule has 1 N–H and O–H groups in total. The van der Waals surface area contributed by atoms with Crippen molar-refractivity contribution < 1.29 is 4.79 Å². The second-order valence-corrected chi connectivity index (χ2v) is 5.39. The Morgan fingerprint density at radius 1 is 1.42 bits per heavy atom. The summed E-state index contributed by atoms with van der Waals surface area (Å²) in [7, 11) is 0. The summed E-state index contributed by atoms with van der Waals surface area (Å²) >= 11 is 0. The lowest BCUT2D eigenvalue weighted by atomic mass is 9.99. The normalized spacial score (nSPS) is 20.5. The summed E-state index contributed by atoms with van der Waals surface area (Å²) in [6.07, 6.45) is 1.09. The van der Waals surface area contributed by atoms with Crippen LogP contribution in [0.2, 0.25) is 0 Å². The first-order chi connectivity index (χ1) is 9.22. The van der Waals surface area contributed by atoms with Crippen LogP contribution in [0.3, 0.4) is 0 Å². The smallest absolute Gasteiger partial charge is 0.226 e. The third-order valence-electron chi connectivity index (χ3n) is 3.89. The van der Waals surface area contributed by atoms with Gasteiger partial charge in [0.1, 0.15) is 0 Å². The molecular formula is C16H24N2O. The van der Waals surface area contributed by atoms with E-state index < -0.39 is 0 Å². The first-order valence-corrected chi connectivity index (χ1v) is 7.26. The van der Waals surface area contributed by atoms with E-state index >= 15 is 0 Å². The molecular weight excluding hydrogens is 236 g/mol. The predicted molar refractivity (Wildman–Crippen MR) is 78.1 cm³/mol. The van der Waals surface area contributed by atoms with Crippen LogP contribution in [0.25, 0.3) is 0 Å². The topological polar surface area (TPSA) is 32.3 Å². The zero-order chi connectivity index (χ0) is 13.7. The second kappa shape index (κ2) is 6.71. The molecule has 1 aromatic carbocycles. The Morgan fingerprint density at radius 2 is 2.16 bits per heavy atom. The first kappa shape index (κ1) is 14.1. The van der Waals surface area contributed by atoms with Crippen molar-refractivity contribution in [3.63, 3.8) is 0 Å². The van der Waals surface area contributed by atoms with Gasteiger partial charge in [0.2, 0.25) is 5.91 Å². The van der Waals surface area contributed by atoms with Gasteiger partial charge in [0.05, 0.1) is 0 Å². The lowest BCUT2D eigenvalue weighted by Crippen LogP contribution is -2.37. The number of nitrogens with one attached hydrogen (secondary N) is 1. The van der Waals surface area contributed by atoms with Crippen LogP contribution in [0.1, 0.15) is 31.7 Å². The third kappa shape index (κ3) is 3.57. The number of nitrogens with zero attached hydrogens (tertiary/aromatic N) is 1. The number of amides is 1. The van der Waals surface area contributed by atoms with Gasteiger partial charge in [-0.1, -0.05) is 44.2 Å². The van der Waals surface area contributed by atoms with Gasteiger partial charge in [0.25, 0.3) is 0 Å². The van der Waals surface area contributed by atoms with Crippen molar-refractivity contribution in [1.29, 1.82) is 0 Å². The summed E-state index contributed by atoms with van der Waals surface area (Å²) in [6.45, 7) is 7.56. The molecule has 1 aliphatic heterocycles. The number of likely N-dealkylation sites (tertiary alicyclic amines) is 1. The summed E-state index contributed by atoms with van der Waals surface area (Å²) in [5.74, 6) is 0.880. The number of benzene rings is 1. The molecule has 2 atom stereocenters. The summed E-state index contributed by atoms with van der Waals surface area (Å²) < 4.78 is 0. The molecule has 0 saturated carbocycles. The Bertz CT molecular complexity index is 404. The van der Waals surface area contributed by atoms with Crippen molar-refractivity contribution in [3.05, 3.63) is 35.9 Å². The summed E-state index contributed by atoms with van der Waals surface area (Å²) in [5.41, 5.74) is 1.36. The summed E-state index contributed by atoms with van der Waals surface area (Å²) in [4.78, 5) is 14.3. The SMILES string of the molecule is CCNCC(C)C(=O)N1CCC(c2ccccc2)C1. The van der Waals surface area contributed by atoms with E-state index in [1.807, 2.05) is 17.9 Å². The molecule has 1 fully saturated rings. The molecule has 3 nitrogen and oxygen atoms in total. The maximum Gasteiger partial charge on any atom is 0.226 e. The highest BCUT2D eigenvalue weighted by atomic mass is 16.2. The van der Waals surface area contributed by atoms with Gasteiger partial charge in [-0.25, -0.2) is 0 Å². The molecule has 1 aromatic rings. The van der Waals surface area contributed by atoms with Gasteiger partial charge in [-0.2, -0.15) is 0 Å². The predicted octanol–water partition coefficient (Wildman–Crippen LogP) is 2.25. The van der Waals surface area contributed by atoms with E-state index in [0.29, 0.717) is 11.8 Å². The quantitative estimate of drug-likeness (QED) is 0.880. The van der Waals surface area contributed by atoms with Crippen molar-refractivity contribution >= 4 is 5.91 Å². The Balaban J connectivity index is 1.89. The molecule has 1 amide bonds. The summed E-state index contributed by atoms with van der Waals surface area (Å²) in [5, 5.41) is 3.25. The molecule has 104 valence electrons. The Labute approximate surface area is 116 Å². The Morgan fingerprint density at radius 3 is 2.84 bits per heavy atom. The van der Waals surface area contributed by atoms with Crippen LogP contribution in [0.5, 0.6) is 0 Å². The van der Waals surface area contributed by atoms with Crippen molar-refractivity contribution in [2.45, 2.75) is 26.2 Å². The standard InChI is InChI=1S/C16H24N2O/c1-3-17-11-13(2)16(19)18-10-9-15(12-18)14-7-5-4-6-8-14/h4-8,13,15,17H,3,9-12H2,1-2H3. The van der Waals surface area contributed by atoms with Crippen LogP contribution in [-0.4, -0.2) is 37.0 Å². The molecule has 19 heavy (non-hydrogen) atoms. The molecule has 0 bridgehead atoms. The van der Waals surface area contributed by atoms with Gasteiger partial charge in [0, 0.05) is 31.5 Å². The van der Waals surface area contributed by atoms with E-state index in [-0.39, 0.29) is 5.92 Å². The van der Waals surface area contributed by atoms with Gasteiger partial charge < -0.3 is 10.2 Å². The highest BCUT2D eigenvalue weighted by Gasteiger charge is 2.29. The van der Waals surface area contributed by atoms with Crippen LogP contribution >= 0.6 is 0 Å². The molecule has 0 spiro atoms. The summed E-state index contributed by atoms with van der Waals surface area (Å²) in [6, 6.07) is 10.5. The largest absolute Gasteiger partial charge is 0.342 e. The minimum absolute atomic E-state index is 0.0782. The molecule has 3 heteroatoms.